The number of aromatic nitrogens is 10. The zero-order chi connectivity index (χ0) is 59.0. The van der Waals surface area contributed by atoms with Crippen LogP contribution in [0.25, 0.3) is 40.1 Å². The molecular weight excluding hydrogens is 1070 g/mol. The Morgan fingerprint density at radius 3 is 1.51 bits per heavy atom. The molecule has 420 valence electrons. The van der Waals surface area contributed by atoms with Crippen LogP contribution in [0.1, 0.15) is 90.5 Å². The van der Waals surface area contributed by atoms with Gasteiger partial charge in [0, 0.05) is 37.1 Å². The predicted octanol–water partition coefficient (Wildman–Crippen LogP) is 8.74. The second kappa shape index (κ2) is 25.5. The van der Waals surface area contributed by atoms with Crippen LogP contribution < -0.4 is 27.2 Å². The monoisotopic (exact) mass is 1130 g/mol. The number of aromatic hydroxyl groups is 1. The van der Waals surface area contributed by atoms with E-state index in [1.54, 1.807) is 41.5 Å². The minimum atomic E-state index is -1.40. The molecule has 0 fully saturated rings. The van der Waals surface area contributed by atoms with Crippen LogP contribution in [0.2, 0.25) is 0 Å². The van der Waals surface area contributed by atoms with E-state index in [2.05, 4.69) is 36.7 Å². The number of halogens is 2. The van der Waals surface area contributed by atoms with Crippen molar-refractivity contribution in [1.29, 1.82) is 0 Å². The fraction of sp³-hybridized carbons (Fsp3) is 0.393. The molecule has 1 N–H and O–H groups in total. The summed E-state index contributed by atoms with van der Waals surface area (Å²) in [5.41, 5.74) is -3.18. The Kier molecular flexibility index (Phi) is 19.4. The van der Waals surface area contributed by atoms with Crippen LogP contribution in [0, 0.1) is 50.5 Å². The molecule has 0 atom stereocenters. The molecule has 24 heteroatoms. The lowest BCUT2D eigenvalue weighted by molar-refractivity contribution is -0.127. The number of aryl methyl sites for hydroxylation is 6. The number of ketones is 2. The molecule has 0 unspecified atom stereocenters. The number of ether oxygens (including phenoxy) is 1. The van der Waals surface area contributed by atoms with Crippen molar-refractivity contribution in [2.45, 2.75) is 119 Å². The number of carbonyl (C=O) groups excluding carboxylic acids is 2. The number of phenols is 1. The Hall–Kier alpha value is -8.48. The van der Waals surface area contributed by atoms with Crippen LogP contribution >= 0.6 is 22.7 Å². The van der Waals surface area contributed by atoms with E-state index in [1.165, 1.54) is 103 Å². The number of Topliss-reactive ketones (excluding diaryl/α,β-unsaturated/α-hetero) is 2. The zero-order valence-electron chi connectivity index (χ0n) is 46.1. The summed E-state index contributed by atoms with van der Waals surface area (Å²) < 4.78 is 38.6. The molecule has 0 bridgehead atoms. The van der Waals surface area contributed by atoms with Gasteiger partial charge >= 0.3 is 11.4 Å². The second-order valence-corrected chi connectivity index (χ2v) is 22.4. The van der Waals surface area contributed by atoms with E-state index in [0.29, 0.717) is 58.4 Å². The highest BCUT2D eigenvalue weighted by atomic mass is 32.1. The third-order valence-corrected chi connectivity index (χ3v) is 15.6. The smallest absolute Gasteiger partial charge is 0.332 e. The molecule has 80 heavy (non-hydrogen) atoms. The number of thiophene rings is 2. The van der Waals surface area contributed by atoms with Crippen LogP contribution in [0.4, 0.5) is 8.78 Å². The molecule has 0 amide bonds. The first-order valence-corrected chi connectivity index (χ1v) is 27.0. The molecule has 0 spiro atoms. The maximum atomic E-state index is 14.2. The van der Waals surface area contributed by atoms with E-state index < -0.39 is 45.2 Å². The number of benzene rings is 2. The Labute approximate surface area is 467 Å². The molecule has 0 aliphatic rings. The van der Waals surface area contributed by atoms with Crippen LogP contribution in [0.3, 0.4) is 0 Å². The summed E-state index contributed by atoms with van der Waals surface area (Å²) >= 11 is 2.38. The number of fused-ring (bicyclic) bond motifs is 2. The van der Waals surface area contributed by atoms with Crippen LogP contribution in [-0.2, 0) is 46.6 Å². The minimum absolute atomic E-state index is 0.0445. The molecule has 6 heterocycles. The van der Waals surface area contributed by atoms with Gasteiger partial charge in [-0.25, -0.2) is 38.9 Å². The van der Waals surface area contributed by atoms with Crippen molar-refractivity contribution in [3.8, 4) is 21.5 Å². The molecule has 8 rings (SSSR count). The summed E-state index contributed by atoms with van der Waals surface area (Å²) in [5.74, 6) is -1.01. The Morgan fingerprint density at radius 1 is 0.713 bits per heavy atom. The molecular formula is C56H62F2N12O8S2. The molecule has 6 aromatic heterocycles. The van der Waals surface area contributed by atoms with Gasteiger partial charge in [0.15, 0.2) is 18.2 Å². The fourth-order valence-electron chi connectivity index (χ4n) is 8.87. The molecule has 0 aliphatic carbocycles. The average molecular weight is 1130 g/mol. The van der Waals surface area contributed by atoms with Crippen molar-refractivity contribution in [2.75, 3.05) is 13.2 Å². The lowest BCUT2D eigenvalue weighted by Gasteiger charge is -2.27. The summed E-state index contributed by atoms with van der Waals surface area (Å²) in [6.07, 6.45) is 7.96. The van der Waals surface area contributed by atoms with Crippen molar-refractivity contribution in [3.05, 3.63) is 172 Å². The number of hydrogen-bond donors (Lipinski definition) is 1. The standard InChI is InChI=1S/C28H31FN6O4S.C25H28FN5O4S.C3H3N/c1-17(2)15-22(36)28(4,5)34-24(37)23-18(3)25(35-31-10-11-32-35)40-26(23)33(27(34)38)13-9-19-16-20(29)7-8-21(19)39-14-12-30-6;1-14(2)12-19(33)25(4,5)30-21(34)20-15(3)22(31-27-9-10-28-31)36-23(20)29(24(30)35)11-8-16-13-17(26)6-7-18(16)32;1-3-4-2/h7-8,10-11,16-17H,9,12-15H2,1-5H3;6-7,9-10,13-14,32H,8,11-12H2,1-5H3;3H,1H2. The van der Waals surface area contributed by atoms with E-state index in [9.17, 15) is 42.7 Å². The van der Waals surface area contributed by atoms with E-state index in [-0.39, 0.29) is 81.1 Å². The topological polar surface area (TPSA) is 222 Å². The average Bonchev–Trinajstić information content (AvgIpc) is 4.38. The van der Waals surface area contributed by atoms with Gasteiger partial charge in [0.25, 0.3) is 11.1 Å². The van der Waals surface area contributed by atoms with Gasteiger partial charge in [-0.15, -0.1) is 16.2 Å². The van der Waals surface area contributed by atoms with Gasteiger partial charge in [-0.3, -0.25) is 28.3 Å². The number of hydrogen-bond acceptors (Lipinski definition) is 14. The summed E-state index contributed by atoms with van der Waals surface area (Å²) in [6, 6.07) is 7.73. The van der Waals surface area contributed by atoms with Gasteiger partial charge in [0.1, 0.15) is 60.1 Å². The zero-order valence-corrected chi connectivity index (χ0v) is 47.7. The first kappa shape index (κ1) is 60.7. The molecule has 0 saturated carbocycles. The molecule has 20 nitrogen and oxygen atoms in total. The SMILES string of the molecule is Cc1c(-n2nccn2)sc2c1c(=O)n(C(C)(C)C(=O)CC(C)C)c(=O)n2CCc1cc(F)ccc1O.[C-]#[N+]C=C.[C-]#[N+]CCOc1ccc(F)cc1CCn1c(=O)n(C(C)(C)C(=O)CC(C)C)c(=O)c2c(C)c(-n3nccn3)sc21. The van der Waals surface area contributed by atoms with E-state index in [1.807, 2.05) is 27.7 Å². The highest BCUT2D eigenvalue weighted by Gasteiger charge is 2.37. The Morgan fingerprint density at radius 2 is 1.11 bits per heavy atom. The van der Waals surface area contributed by atoms with E-state index in [0.717, 1.165) is 15.2 Å². The van der Waals surface area contributed by atoms with Gasteiger partial charge in [-0.2, -0.15) is 20.4 Å². The van der Waals surface area contributed by atoms with Crippen molar-refractivity contribution in [2.24, 2.45) is 11.8 Å². The fourth-order valence-corrected chi connectivity index (χ4v) is 11.3. The number of nitrogens with zero attached hydrogens (tertiary/aromatic N) is 12. The van der Waals surface area contributed by atoms with Crippen LogP contribution in [0.5, 0.6) is 11.5 Å². The molecule has 0 aliphatic heterocycles. The maximum absolute atomic E-state index is 14.2. The summed E-state index contributed by atoms with van der Waals surface area (Å²) in [6.45, 7) is 33.9. The van der Waals surface area contributed by atoms with Crippen LogP contribution in [0.15, 0.2) is 93.1 Å². The molecule has 0 radical (unpaired) electrons. The highest BCUT2D eigenvalue weighted by molar-refractivity contribution is 7.21. The third-order valence-electron chi connectivity index (χ3n) is 13.1. The van der Waals surface area contributed by atoms with Gasteiger partial charge in [0.2, 0.25) is 6.54 Å². The lowest BCUT2D eigenvalue weighted by atomic mass is 9.91. The third kappa shape index (κ3) is 12.8. The normalized spacial score (nSPS) is 11.5. The van der Waals surface area contributed by atoms with Crippen molar-refractivity contribution >= 4 is 54.7 Å². The lowest BCUT2D eigenvalue weighted by Crippen LogP contribution is -2.52. The van der Waals surface area contributed by atoms with Crippen molar-refractivity contribution in [1.82, 2.24) is 48.3 Å². The second-order valence-electron chi connectivity index (χ2n) is 20.4. The minimum Gasteiger partial charge on any atom is -0.508 e. The first-order valence-electron chi connectivity index (χ1n) is 25.4. The Bertz CT molecular complexity index is 3920. The molecule has 8 aromatic rings. The van der Waals surface area contributed by atoms with Gasteiger partial charge in [-0.05, 0) is 114 Å². The number of carbonyl (C=O) groups is 2. The molecule has 0 saturated heterocycles. The maximum Gasteiger partial charge on any atom is 0.332 e. The summed E-state index contributed by atoms with van der Waals surface area (Å²) in [5, 5.41) is 28.6. The molecule has 2 aromatic carbocycles. The van der Waals surface area contributed by atoms with E-state index >= 15 is 0 Å². The van der Waals surface area contributed by atoms with Crippen molar-refractivity contribution in [3.63, 3.8) is 0 Å². The van der Waals surface area contributed by atoms with Gasteiger partial charge in [-0.1, -0.05) is 50.4 Å². The quantitative estimate of drug-likeness (QED) is 0.0593. The van der Waals surface area contributed by atoms with Gasteiger partial charge < -0.3 is 14.7 Å². The predicted molar refractivity (Wildman–Crippen MR) is 303 cm³/mol. The summed E-state index contributed by atoms with van der Waals surface area (Å²) in [7, 11) is 0. The van der Waals surface area contributed by atoms with E-state index in [4.69, 9.17) is 17.9 Å². The Balaban J connectivity index is 0.000000243. The van der Waals surface area contributed by atoms with Crippen molar-refractivity contribution < 1.29 is 28.2 Å². The number of phenolic OH excluding ortho intramolecular Hbond substituents is 1. The first-order chi connectivity index (χ1) is 37.8. The largest absolute Gasteiger partial charge is 0.508 e. The summed E-state index contributed by atoms with van der Waals surface area (Å²) in [4.78, 5) is 91.6. The van der Waals surface area contributed by atoms with Gasteiger partial charge in [0.05, 0.1) is 42.1 Å². The highest BCUT2D eigenvalue weighted by Crippen LogP contribution is 2.34. The number of rotatable bonds is 19. The van der Waals surface area contributed by atoms with Crippen LogP contribution in [-0.4, -0.2) is 78.1 Å².